The van der Waals surface area contributed by atoms with Crippen LogP contribution < -0.4 is 5.32 Å². The molecule has 0 bridgehead atoms. The maximum absolute atomic E-state index is 13.2. The Labute approximate surface area is 229 Å². The summed E-state index contributed by atoms with van der Waals surface area (Å²) in [5.41, 5.74) is 0.259. The van der Waals surface area contributed by atoms with Gasteiger partial charge in [-0.1, -0.05) is 30.3 Å². The van der Waals surface area contributed by atoms with E-state index in [0.29, 0.717) is 12.8 Å². The third-order valence-corrected chi connectivity index (χ3v) is 8.86. The van der Waals surface area contributed by atoms with Crippen LogP contribution in [0, 0.1) is 0 Å². The van der Waals surface area contributed by atoms with Gasteiger partial charge in [0.25, 0.3) is 0 Å². The molecule has 4 heterocycles. The minimum Gasteiger partial charge on any atom is -0.445 e. The number of nitrogens with zero attached hydrogens (tertiary/aromatic N) is 1. The second-order valence-electron chi connectivity index (χ2n) is 11.7. The van der Waals surface area contributed by atoms with Crippen LogP contribution in [0.2, 0.25) is 0 Å². The number of rotatable bonds is 7. The van der Waals surface area contributed by atoms with Crippen LogP contribution in [0.4, 0.5) is 4.79 Å². The van der Waals surface area contributed by atoms with E-state index in [4.69, 9.17) is 32.6 Å². The Bertz CT molecular complexity index is 1150. The minimum absolute atomic E-state index is 0.140. The first-order valence-electron chi connectivity index (χ1n) is 13.2. The largest absolute Gasteiger partial charge is 0.445 e. The van der Waals surface area contributed by atoms with Crippen molar-refractivity contribution in [3.63, 3.8) is 0 Å². The Morgan fingerprint density at radius 3 is 2.41 bits per heavy atom. The first-order valence-corrected chi connectivity index (χ1v) is 14.6. The summed E-state index contributed by atoms with van der Waals surface area (Å²) >= 11 is 0. The molecule has 4 aliphatic heterocycles. The molecule has 4 fully saturated rings. The maximum Gasteiger partial charge on any atom is 0.407 e. The summed E-state index contributed by atoms with van der Waals surface area (Å²) in [6.45, 7) is 9.13. The molecule has 1 aromatic carbocycles. The van der Waals surface area contributed by atoms with Crippen molar-refractivity contribution in [1.82, 2.24) is 9.62 Å². The standard InChI is InChI=1S/C26H38N2O10S/c1-23(2)35-19-16-33-26(21(20(19)36-23)37-24(3,4)38-26)17-34-39(30,31)28-13-11-25(5,12-14-28)27-22(29)32-15-18-9-7-6-8-10-18/h6-10,19-21H,11-17H2,1-5H3,(H,27,29)/t19-,20-,21+,26+/m1/s1. The third-order valence-electron chi connectivity index (χ3n) is 7.44. The zero-order chi connectivity index (χ0) is 28.1. The van der Waals surface area contributed by atoms with Gasteiger partial charge in [0.15, 0.2) is 11.6 Å². The van der Waals surface area contributed by atoms with Crippen LogP contribution in [0.15, 0.2) is 30.3 Å². The second kappa shape index (κ2) is 10.2. The fraction of sp³-hybridized carbons (Fsp3) is 0.731. The monoisotopic (exact) mass is 570 g/mol. The second-order valence-corrected chi connectivity index (χ2v) is 13.3. The molecule has 12 nitrogen and oxygen atoms in total. The molecule has 1 aromatic rings. The minimum atomic E-state index is -4.13. The number of carbonyl (C=O) groups excluding carboxylic acids is 1. The van der Waals surface area contributed by atoms with Gasteiger partial charge in [-0.3, -0.25) is 4.18 Å². The summed E-state index contributed by atoms with van der Waals surface area (Å²) in [6.07, 6.45) is -1.41. The Balaban J connectivity index is 1.16. The highest BCUT2D eigenvalue weighted by atomic mass is 32.2. The van der Waals surface area contributed by atoms with Crippen molar-refractivity contribution in [2.45, 2.75) is 95.3 Å². The van der Waals surface area contributed by atoms with Gasteiger partial charge < -0.3 is 33.7 Å². The zero-order valence-electron chi connectivity index (χ0n) is 23.0. The van der Waals surface area contributed by atoms with Gasteiger partial charge in [0, 0.05) is 18.6 Å². The molecule has 0 saturated carbocycles. The lowest BCUT2D eigenvalue weighted by Gasteiger charge is -2.41. The molecule has 5 rings (SSSR count). The molecule has 39 heavy (non-hydrogen) atoms. The predicted molar refractivity (Wildman–Crippen MR) is 136 cm³/mol. The molecule has 0 spiro atoms. The summed E-state index contributed by atoms with van der Waals surface area (Å²) in [5, 5.41) is 2.88. The summed E-state index contributed by atoms with van der Waals surface area (Å²) in [7, 11) is -4.13. The Morgan fingerprint density at radius 1 is 1.03 bits per heavy atom. The number of alkyl carbamates (subject to hydrolysis) is 1. The van der Waals surface area contributed by atoms with E-state index in [1.165, 1.54) is 4.31 Å². The first-order chi connectivity index (χ1) is 18.2. The highest BCUT2D eigenvalue weighted by Gasteiger charge is 2.66. The lowest BCUT2D eigenvalue weighted by Crippen LogP contribution is -2.61. The zero-order valence-corrected chi connectivity index (χ0v) is 23.8. The molecule has 4 aliphatic rings. The van der Waals surface area contributed by atoms with Gasteiger partial charge in [0.05, 0.1) is 6.61 Å². The summed E-state index contributed by atoms with van der Waals surface area (Å²) in [5.74, 6) is -3.35. The fourth-order valence-electron chi connectivity index (χ4n) is 5.51. The van der Waals surface area contributed by atoms with Crippen molar-refractivity contribution < 1.29 is 45.8 Å². The average molecular weight is 571 g/mol. The van der Waals surface area contributed by atoms with Crippen molar-refractivity contribution >= 4 is 16.4 Å². The SMILES string of the molecule is CC1(NC(=O)OCc2ccccc2)CCN(S(=O)(=O)OC[C@@]23OC[C@H]4OC(C)(C)O[C@H]4[C@@H]2OC(C)(C)O3)CC1. The van der Waals surface area contributed by atoms with Crippen LogP contribution >= 0.6 is 0 Å². The van der Waals surface area contributed by atoms with Gasteiger partial charge in [-0.15, -0.1) is 0 Å². The van der Waals surface area contributed by atoms with Gasteiger partial charge >= 0.3 is 16.4 Å². The molecular weight excluding hydrogens is 532 g/mol. The van der Waals surface area contributed by atoms with E-state index in [1.807, 2.05) is 37.3 Å². The summed E-state index contributed by atoms with van der Waals surface area (Å²) in [4.78, 5) is 12.4. The molecule has 4 atom stereocenters. The van der Waals surface area contributed by atoms with Crippen molar-refractivity contribution in [1.29, 1.82) is 0 Å². The maximum atomic E-state index is 13.2. The molecule has 0 radical (unpaired) electrons. The van der Waals surface area contributed by atoms with Crippen LogP contribution in [0.1, 0.15) is 53.0 Å². The summed E-state index contributed by atoms with van der Waals surface area (Å²) in [6, 6.07) is 9.38. The van der Waals surface area contributed by atoms with Crippen LogP contribution in [0.5, 0.6) is 0 Å². The number of amides is 1. The highest BCUT2D eigenvalue weighted by Crippen LogP contribution is 2.47. The topological polar surface area (TPSA) is 131 Å². The van der Waals surface area contributed by atoms with Crippen molar-refractivity contribution in [3.05, 3.63) is 35.9 Å². The molecule has 1 amide bonds. The van der Waals surface area contributed by atoms with E-state index in [2.05, 4.69) is 5.32 Å². The third kappa shape index (κ3) is 6.25. The molecule has 0 aliphatic carbocycles. The lowest BCUT2D eigenvalue weighted by atomic mass is 9.91. The van der Waals surface area contributed by atoms with Gasteiger partial charge in [0.1, 0.15) is 31.5 Å². The number of nitrogens with one attached hydrogen (secondary N) is 1. The van der Waals surface area contributed by atoms with E-state index in [-0.39, 0.29) is 32.4 Å². The number of hydrogen-bond acceptors (Lipinski definition) is 10. The lowest BCUT2D eigenvalue weighted by molar-refractivity contribution is -0.290. The van der Waals surface area contributed by atoms with Gasteiger partial charge in [-0.05, 0) is 53.0 Å². The van der Waals surface area contributed by atoms with Gasteiger partial charge in [0.2, 0.25) is 5.79 Å². The number of ether oxygens (including phenoxy) is 6. The molecule has 13 heteroatoms. The Kier molecular flexibility index (Phi) is 7.51. The molecule has 4 saturated heterocycles. The normalized spacial score (nSPS) is 33.2. The number of hydrogen-bond donors (Lipinski definition) is 1. The van der Waals surface area contributed by atoms with Crippen LogP contribution in [0.25, 0.3) is 0 Å². The molecule has 0 unspecified atom stereocenters. The number of benzene rings is 1. The molecule has 218 valence electrons. The summed E-state index contributed by atoms with van der Waals surface area (Å²) < 4.78 is 68.6. The molecular formula is C26H38N2O10S. The van der Waals surface area contributed by atoms with E-state index < -0.39 is 58.1 Å². The van der Waals surface area contributed by atoms with Crippen molar-refractivity contribution in [2.24, 2.45) is 0 Å². The predicted octanol–water partition coefficient (Wildman–Crippen LogP) is 2.43. The van der Waals surface area contributed by atoms with E-state index in [1.54, 1.807) is 27.7 Å². The fourth-order valence-corrected chi connectivity index (χ4v) is 6.60. The van der Waals surface area contributed by atoms with Crippen LogP contribution in [-0.4, -0.2) is 86.3 Å². The van der Waals surface area contributed by atoms with Crippen LogP contribution in [0.3, 0.4) is 0 Å². The highest BCUT2D eigenvalue weighted by molar-refractivity contribution is 7.84. The van der Waals surface area contributed by atoms with E-state index >= 15 is 0 Å². The smallest absolute Gasteiger partial charge is 0.407 e. The number of fused-ring (bicyclic) bond motifs is 3. The van der Waals surface area contributed by atoms with E-state index in [9.17, 15) is 13.2 Å². The van der Waals surface area contributed by atoms with Gasteiger partial charge in [-0.25, -0.2) is 4.79 Å². The van der Waals surface area contributed by atoms with E-state index in [0.717, 1.165) is 5.56 Å². The molecule has 0 aromatic heterocycles. The Hall–Kier alpha value is -1.84. The Morgan fingerprint density at radius 2 is 1.72 bits per heavy atom. The number of carbonyl (C=O) groups is 1. The van der Waals surface area contributed by atoms with Crippen molar-refractivity contribution in [2.75, 3.05) is 26.3 Å². The average Bonchev–Trinajstić information content (AvgIpc) is 3.33. The first kappa shape index (κ1) is 28.7. The molecule has 1 N–H and O–H groups in total. The van der Waals surface area contributed by atoms with Gasteiger partial charge in [-0.2, -0.15) is 12.7 Å². The number of piperidine rings is 1. The quantitative estimate of drug-likeness (QED) is 0.521. The van der Waals surface area contributed by atoms with Crippen molar-refractivity contribution in [3.8, 4) is 0 Å². The van der Waals surface area contributed by atoms with Crippen LogP contribution in [-0.2, 0) is 49.5 Å².